The van der Waals surface area contributed by atoms with Crippen molar-refractivity contribution >= 4 is 22.8 Å². The van der Waals surface area contributed by atoms with Crippen LogP contribution in [0, 0.1) is 0 Å². The Balaban J connectivity index is 1.85. The second kappa shape index (κ2) is 7.30. The molecule has 1 aromatic heterocycles. The van der Waals surface area contributed by atoms with Gasteiger partial charge in [-0.15, -0.1) is 0 Å². The van der Waals surface area contributed by atoms with Crippen LogP contribution in [0.2, 0.25) is 0 Å². The van der Waals surface area contributed by atoms with E-state index in [2.05, 4.69) is 5.32 Å². The largest absolute Gasteiger partial charge is 0.330 e. The average molecular weight is 420 g/mol. The van der Waals surface area contributed by atoms with Gasteiger partial charge in [0.15, 0.2) is 0 Å². The van der Waals surface area contributed by atoms with E-state index in [1.165, 1.54) is 9.13 Å². The van der Waals surface area contributed by atoms with Crippen LogP contribution in [0.4, 0.5) is 8.78 Å². The first kappa shape index (κ1) is 20.7. The highest BCUT2D eigenvalue weighted by Gasteiger charge is 2.44. The van der Waals surface area contributed by atoms with E-state index >= 15 is 0 Å². The quantitative estimate of drug-likeness (QED) is 0.774. The number of benzene rings is 1. The van der Waals surface area contributed by atoms with Crippen LogP contribution in [0.3, 0.4) is 0 Å². The van der Waals surface area contributed by atoms with Crippen molar-refractivity contribution in [2.24, 2.45) is 0 Å². The third-order valence-corrected chi connectivity index (χ3v) is 6.16. The second-order valence-corrected chi connectivity index (χ2v) is 8.67. The number of hydrogen-bond donors (Lipinski definition) is 1. The molecule has 0 aliphatic carbocycles. The minimum Gasteiger partial charge on any atom is -0.301 e. The van der Waals surface area contributed by atoms with E-state index in [1.54, 1.807) is 30.1 Å². The Morgan fingerprint density at radius 1 is 1.13 bits per heavy atom. The highest BCUT2D eigenvalue weighted by atomic mass is 19.3. The van der Waals surface area contributed by atoms with E-state index in [0.29, 0.717) is 29.6 Å². The van der Waals surface area contributed by atoms with Crippen molar-refractivity contribution in [2.75, 3.05) is 20.1 Å². The average Bonchev–Trinajstić information content (AvgIpc) is 2.92. The lowest BCUT2D eigenvalue weighted by atomic mass is 9.86. The summed E-state index contributed by atoms with van der Waals surface area (Å²) in [6.07, 6.45) is 0.711. The van der Waals surface area contributed by atoms with Crippen LogP contribution in [0.25, 0.3) is 11.0 Å². The molecule has 2 aliphatic rings. The maximum atomic E-state index is 14.7. The van der Waals surface area contributed by atoms with E-state index in [9.17, 15) is 23.2 Å². The topological polar surface area (TPSA) is 76.3 Å². The fourth-order valence-corrected chi connectivity index (χ4v) is 4.73. The number of imidazole rings is 1. The molecule has 9 heteroatoms. The van der Waals surface area contributed by atoms with E-state index in [-0.39, 0.29) is 37.0 Å². The monoisotopic (exact) mass is 420 g/mol. The number of carbonyl (C=O) groups excluding carboxylic acids is 2. The number of carbonyl (C=O) groups is 2. The lowest BCUT2D eigenvalue weighted by molar-refractivity contribution is -0.135. The number of alkyl halides is 2. The normalized spacial score (nSPS) is 25.1. The van der Waals surface area contributed by atoms with Crippen molar-refractivity contribution in [1.29, 1.82) is 0 Å². The summed E-state index contributed by atoms with van der Waals surface area (Å²) >= 11 is 0. The first-order valence-corrected chi connectivity index (χ1v) is 10.3. The van der Waals surface area contributed by atoms with E-state index in [1.807, 2.05) is 13.8 Å². The number of hydrogen-bond acceptors (Lipinski definition) is 4. The molecule has 7 nitrogen and oxygen atoms in total. The molecule has 3 heterocycles. The molecule has 2 saturated heterocycles. The fraction of sp³-hybridized carbons (Fsp3) is 0.571. The van der Waals surface area contributed by atoms with Gasteiger partial charge < -0.3 is 4.90 Å². The van der Waals surface area contributed by atoms with Crippen LogP contribution < -0.4 is 11.0 Å². The van der Waals surface area contributed by atoms with Crippen molar-refractivity contribution in [2.45, 2.75) is 57.0 Å². The van der Waals surface area contributed by atoms with Gasteiger partial charge in [0.2, 0.25) is 11.8 Å². The summed E-state index contributed by atoms with van der Waals surface area (Å²) in [6, 6.07) is 3.95. The zero-order chi connectivity index (χ0) is 21.8. The van der Waals surface area contributed by atoms with Crippen molar-refractivity contribution in [3.63, 3.8) is 0 Å². The third kappa shape index (κ3) is 3.34. The number of halogens is 2. The van der Waals surface area contributed by atoms with Gasteiger partial charge in [-0.3, -0.25) is 24.0 Å². The summed E-state index contributed by atoms with van der Waals surface area (Å²) in [6.45, 7) is 3.95. The number of rotatable bonds is 3. The van der Waals surface area contributed by atoms with Crippen molar-refractivity contribution < 1.29 is 18.4 Å². The molecule has 1 N–H and O–H groups in total. The highest BCUT2D eigenvalue weighted by Crippen LogP contribution is 2.41. The van der Waals surface area contributed by atoms with Gasteiger partial charge in [0.25, 0.3) is 5.92 Å². The Bertz CT molecular complexity index is 1070. The van der Waals surface area contributed by atoms with Gasteiger partial charge in [0.1, 0.15) is 6.04 Å². The van der Waals surface area contributed by atoms with E-state index in [0.717, 1.165) is 0 Å². The lowest BCUT2D eigenvalue weighted by Gasteiger charge is -2.36. The highest BCUT2D eigenvalue weighted by molar-refractivity contribution is 6.00. The summed E-state index contributed by atoms with van der Waals surface area (Å²) in [5.74, 6) is -4.66. The molecule has 2 aromatic rings. The molecule has 162 valence electrons. The van der Waals surface area contributed by atoms with Gasteiger partial charge in [0, 0.05) is 12.5 Å². The summed E-state index contributed by atoms with van der Waals surface area (Å²) in [5, 5.41) is 2.29. The van der Waals surface area contributed by atoms with Crippen LogP contribution in [0.5, 0.6) is 0 Å². The zero-order valence-electron chi connectivity index (χ0n) is 17.3. The summed E-state index contributed by atoms with van der Waals surface area (Å²) in [5.41, 5.74) is 1.17. The maximum absolute atomic E-state index is 14.7. The molecule has 2 fully saturated rings. The van der Waals surface area contributed by atoms with Gasteiger partial charge in [-0.05, 0) is 58.0 Å². The van der Waals surface area contributed by atoms with Crippen molar-refractivity contribution in [3.8, 4) is 0 Å². The van der Waals surface area contributed by atoms with Gasteiger partial charge >= 0.3 is 5.69 Å². The van der Waals surface area contributed by atoms with Crippen LogP contribution in [0.1, 0.15) is 56.7 Å². The predicted molar refractivity (Wildman–Crippen MR) is 108 cm³/mol. The molecular weight excluding hydrogens is 394 g/mol. The molecule has 2 aliphatic heterocycles. The van der Waals surface area contributed by atoms with Crippen molar-refractivity contribution in [3.05, 3.63) is 34.2 Å². The van der Waals surface area contributed by atoms with Crippen LogP contribution in [-0.4, -0.2) is 51.9 Å². The SMILES string of the molecule is CC(C)n1c(=O)n(C2CCC(=O)NC2=O)c2ccc(C3CCN(C)CC3(F)F)cc21. The van der Waals surface area contributed by atoms with E-state index in [4.69, 9.17) is 0 Å². The Hall–Kier alpha value is -2.55. The minimum atomic E-state index is -2.87. The van der Waals surface area contributed by atoms with Crippen LogP contribution >= 0.6 is 0 Å². The van der Waals surface area contributed by atoms with Gasteiger partial charge in [-0.1, -0.05) is 6.07 Å². The number of nitrogens with zero attached hydrogens (tertiary/aromatic N) is 3. The zero-order valence-corrected chi connectivity index (χ0v) is 17.3. The number of amides is 2. The first-order valence-electron chi connectivity index (χ1n) is 10.3. The number of aromatic nitrogens is 2. The Labute approximate surface area is 172 Å². The molecule has 2 amide bonds. The Morgan fingerprint density at radius 3 is 2.50 bits per heavy atom. The van der Waals surface area contributed by atoms with E-state index < -0.39 is 23.8 Å². The standard InChI is InChI=1S/C21H26F2N4O3/c1-12(2)26-17-10-13(14-8-9-25(3)11-21(14,22)23)4-5-15(17)27(20(26)30)16-6-7-18(28)24-19(16)29/h4-5,10,12,14,16H,6-9,11H2,1-3H3,(H,24,28,29). The summed E-state index contributed by atoms with van der Waals surface area (Å²) in [4.78, 5) is 38.8. The maximum Gasteiger partial charge on any atom is 0.330 e. The number of likely N-dealkylation sites (tertiary alicyclic amines) is 1. The molecule has 30 heavy (non-hydrogen) atoms. The second-order valence-electron chi connectivity index (χ2n) is 8.67. The molecule has 2 unspecified atom stereocenters. The van der Waals surface area contributed by atoms with Crippen LogP contribution in [0.15, 0.2) is 23.0 Å². The Kier molecular flexibility index (Phi) is 5.04. The number of piperidine rings is 2. The molecule has 0 bridgehead atoms. The fourth-order valence-electron chi connectivity index (χ4n) is 4.73. The molecule has 2 atom stereocenters. The predicted octanol–water partition coefficient (Wildman–Crippen LogP) is 2.42. The smallest absolute Gasteiger partial charge is 0.301 e. The van der Waals surface area contributed by atoms with Gasteiger partial charge in [-0.25, -0.2) is 13.6 Å². The molecular formula is C21H26F2N4O3. The van der Waals surface area contributed by atoms with Gasteiger partial charge in [-0.2, -0.15) is 0 Å². The molecule has 0 radical (unpaired) electrons. The third-order valence-electron chi connectivity index (χ3n) is 6.16. The lowest BCUT2D eigenvalue weighted by Crippen LogP contribution is -2.45. The van der Waals surface area contributed by atoms with Crippen molar-refractivity contribution in [1.82, 2.24) is 19.4 Å². The number of fused-ring (bicyclic) bond motifs is 1. The number of nitrogens with one attached hydrogen (secondary N) is 1. The first-order chi connectivity index (χ1) is 14.1. The minimum absolute atomic E-state index is 0.150. The molecule has 0 spiro atoms. The number of imide groups is 1. The van der Waals surface area contributed by atoms with Crippen LogP contribution in [-0.2, 0) is 9.59 Å². The molecule has 4 rings (SSSR count). The Morgan fingerprint density at radius 2 is 1.87 bits per heavy atom. The van der Waals surface area contributed by atoms with Gasteiger partial charge in [0.05, 0.1) is 23.5 Å². The summed E-state index contributed by atoms with van der Waals surface area (Å²) in [7, 11) is 1.68. The summed E-state index contributed by atoms with van der Waals surface area (Å²) < 4.78 is 32.4. The molecule has 1 aromatic carbocycles. The molecule has 0 saturated carbocycles.